The minimum absolute atomic E-state index is 0.00190. The van der Waals surface area contributed by atoms with Crippen LogP contribution in [0.2, 0.25) is 0 Å². The maximum atomic E-state index is 13.6. The van der Waals surface area contributed by atoms with E-state index in [2.05, 4.69) is 15.5 Å². The number of ether oxygens (including phenoxy) is 1. The average molecular weight is 526 g/mol. The molecule has 37 heavy (non-hydrogen) atoms. The van der Waals surface area contributed by atoms with Crippen LogP contribution in [-0.2, 0) is 28.9 Å². The Labute approximate surface area is 210 Å². The highest BCUT2D eigenvalue weighted by atomic mass is 19.4. The molecule has 200 valence electrons. The van der Waals surface area contributed by atoms with Gasteiger partial charge in [0.15, 0.2) is 5.82 Å². The summed E-state index contributed by atoms with van der Waals surface area (Å²) in [5.74, 6) is -0.283. The van der Waals surface area contributed by atoms with Crippen LogP contribution in [0.25, 0.3) is 11.3 Å². The van der Waals surface area contributed by atoms with Crippen molar-refractivity contribution in [2.45, 2.75) is 50.5 Å². The first-order valence-corrected chi connectivity index (χ1v) is 12.1. The minimum Gasteiger partial charge on any atom is -0.507 e. The average Bonchev–Trinajstić information content (AvgIpc) is 3.46. The fourth-order valence-corrected chi connectivity index (χ4v) is 5.07. The fourth-order valence-electron chi connectivity index (χ4n) is 5.07. The Kier molecular flexibility index (Phi) is 6.94. The molecule has 9 nitrogen and oxygen atoms in total. The van der Waals surface area contributed by atoms with E-state index in [-0.39, 0.29) is 56.1 Å². The Morgan fingerprint density at radius 2 is 1.95 bits per heavy atom. The second-order valence-corrected chi connectivity index (χ2v) is 9.68. The number of hydrogen-bond acceptors (Lipinski definition) is 8. The Balaban J connectivity index is 1.28. The number of β-amino-alcohol motifs (C(OH)–C–C–N with tert-alkyl or cyclic N) is 1. The molecule has 0 spiro atoms. The molecule has 0 saturated carbocycles. The Morgan fingerprint density at radius 1 is 1.16 bits per heavy atom. The Morgan fingerprint density at radius 3 is 2.65 bits per heavy atom. The second kappa shape index (κ2) is 10.0. The van der Waals surface area contributed by atoms with Gasteiger partial charge in [0.25, 0.3) is 0 Å². The number of phenolic OH excluding ortho intramolecular Hbond substituents is 1. The molecule has 3 atom stereocenters. The molecular weight excluding hydrogens is 498 g/mol. The van der Waals surface area contributed by atoms with Crippen molar-refractivity contribution >= 4 is 11.7 Å². The smallest absolute Gasteiger partial charge is 0.416 e. The van der Waals surface area contributed by atoms with Gasteiger partial charge in [0, 0.05) is 35.8 Å². The van der Waals surface area contributed by atoms with Crippen molar-refractivity contribution < 1.29 is 37.3 Å². The van der Waals surface area contributed by atoms with Gasteiger partial charge in [-0.2, -0.15) is 13.2 Å². The van der Waals surface area contributed by atoms with E-state index in [1.165, 1.54) is 11.0 Å². The van der Waals surface area contributed by atoms with E-state index in [9.17, 15) is 32.6 Å². The molecule has 13 heteroatoms. The summed E-state index contributed by atoms with van der Waals surface area (Å²) in [4.78, 5) is 15.9. The maximum absolute atomic E-state index is 13.6. The summed E-state index contributed by atoms with van der Waals surface area (Å²) >= 11 is 0. The predicted molar refractivity (Wildman–Crippen MR) is 123 cm³/mol. The van der Waals surface area contributed by atoms with Crippen LogP contribution < -0.4 is 5.32 Å². The van der Waals surface area contributed by atoms with Crippen LogP contribution in [0.5, 0.6) is 5.75 Å². The molecule has 3 aliphatic rings. The highest BCUT2D eigenvalue weighted by molar-refractivity contribution is 5.78. The molecule has 3 aliphatic heterocycles. The van der Waals surface area contributed by atoms with Gasteiger partial charge < -0.3 is 25.2 Å². The van der Waals surface area contributed by atoms with Crippen molar-refractivity contribution in [2.24, 2.45) is 0 Å². The number of hydrogen-bond donors (Lipinski definition) is 3. The van der Waals surface area contributed by atoms with Crippen molar-refractivity contribution in [3.63, 3.8) is 0 Å². The lowest BCUT2D eigenvalue weighted by Gasteiger charge is -2.34. The van der Waals surface area contributed by atoms with Crippen LogP contribution in [0.15, 0.2) is 18.2 Å². The van der Waals surface area contributed by atoms with Gasteiger partial charge in [0.2, 0.25) is 5.91 Å². The van der Waals surface area contributed by atoms with Gasteiger partial charge in [-0.15, -0.1) is 10.2 Å². The van der Waals surface area contributed by atoms with E-state index in [0.29, 0.717) is 30.5 Å². The number of halogens is 4. The number of phenols is 1. The summed E-state index contributed by atoms with van der Waals surface area (Å²) in [5, 5.41) is 31.7. The number of nitrogens with one attached hydrogen (secondary N) is 1. The number of aliphatic hydroxyl groups excluding tert-OH is 1. The molecule has 2 fully saturated rings. The van der Waals surface area contributed by atoms with Crippen LogP contribution in [0.4, 0.5) is 23.4 Å². The Bertz CT molecular complexity index is 1170. The quantitative estimate of drug-likeness (QED) is 0.511. The highest BCUT2D eigenvalue weighted by Gasteiger charge is 2.35. The number of amides is 1. The molecule has 3 N–H and O–H groups in total. The molecule has 5 rings (SSSR count). The third-order valence-electron chi connectivity index (χ3n) is 7.04. The van der Waals surface area contributed by atoms with Crippen LogP contribution in [0.1, 0.15) is 29.5 Å². The van der Waals surface area contributed by atoms with Gasteiger partial charge in [-0.05, 0) is 37.6 Å². The summed E-state index contributed by atoms with van der Waals surface area (Å²) in [6.07, 6.45) is -5.50. The van der Waals surface area contributed by atoms with Crippen LogP contribution in [0.3, 0.4) is 0 Å². The number of alkyl halides is 4. The number of carbonyl (C=O) groups excluding carboxylic acids is 1. The number of aliphatic hydroxyl groups is 1. The molecule has 4 heterocycles. The van der Waals surface area contributed by atoms with E-state index in [1.807, 2.05) is 4.90 Å². The molecule has 0 unspecified atom stereocenters. The monoisotopic (exact) mass is 525 g/mol. The van der Waals surface area contributed by atoms with Crippen LogP contribution in [0, 0.1) is 0 Å². The number of fused-ring (bicyclic) bond motifs is 1. The van der Waals surface area contributed by atoms with Crippen LogP contribution in [-0.4, -0.2) is 87.2 Å². The zero-order valence-electron chi connectivity index (χ0n) is 19.8. The van der Waals surface area contributed by atoms with Gasteiger partial charge >= 0.3 is 6.18 Å². The molecule has 1 amide bonds. The van der Waals surface area contributed by atoms with Gasteiger partial charge in [-0.1, -0.05) is 0 Å². The molecule has 0 bridgehead atoms. The minimum atomic E-state index is -4.58. The molecule has 1 aromatic heterocycles. The standard InChI is InChI=1S/C24H27F4N5O4/c25-18-8-33(9-20(18)35)21(36)10-32-5-1-2-14(7-32)29-23-17-12-37-11-16(17)22(30-31-23)15-4-3-13(6-19(15)34)24(26,27)28/h3-4,6,14,18,20,34-35H,1-2,5,7-12H2,(H,29,31)/t14-,18+,20+/m1/s1. The van der Waals surface area contributed by atoms with Crippen molar-refractivity contribution in [1.29, 1.82) is 0 Å². The third kappa shape index (κ3) is 5.34. The summed E-state index contributed by atoms with van der Waals surface area (Å²) in [5.41, 5.74) is 0.803. The lowest BCUT2D eigenvalue weighted by Crippen LogP contribution is -2.47. The van der Waals surface area contributed by atoms with Gasteiger partial charge in [-0.3, -0.25) is 9.69 Å². The van der Waals surface area contributed by atoms with Crippen LogP contribution >= 0.6 is 0 Å². The first kappa shape index (κ1) is 25.6. The lowest BCUT2D eigenvalue weighted by atomic mass is 10.0. The third-order valence-corrected chi connectivity index (χ3v) is 7.04. The molecule has 1 aromatic carbocycles. The topological polar surface area (TPSA) is 111 Å². The van der Waals surface area contributed by atoms with Gasteiger partial charge in [-0.25, -0.2) is 4.39 Å². The maximum Gasteiger partial charge on any atom is 0.416 e. The normalized spacial score (nSPS) is 24.4. The number of rotatable bonds is 5. The summed E-state index contributed by atoms with van der Waals surface area (Å²) < 4.78 is 58.1. The highest BCUT2D eigenvalue weighted by Crippen LogP contribution is 2.39. The largest absolute Gasteiger partial charge is 0.507 e. The first-order chi connectivity index (χ1) is 17.6. The van der Waals surface area contributed by atoms with E-state index in [0.717, 1.165) is 24.5 Å². The second-order valence-electron chi connectivity index (χ2n) is 9.68. The number of benzene rings is 1. The van der Waals surface area contributed by atoms with E-state index in [1.54, 1.807) is 0 Å². The molecule has 0 radical (unpaired) electrons. The zero-order valence-corrected chi connectivity index (χ0v) is 19.8. The number of piperidine rings is 1. The molecular formula is C24H27F4N5O4. The van der Waals surface area contributed by atoms with Crippen molar-refractivity contribution in [1.82, 2.24) is 20.0 Å². The number of anilines is 1. The number of carbonyl (C=O) groups is 1. The molecule has 2 aromatic rings. The predicted octanol–water partition coefficient (Wildman–Crippen LogP) is 2.32. The summed E-state index contributed by atoms with van der Waals surface area (Å²) in [6, 6.07) is 2.68. The van der Waals surface area contributed by atoms with Gasteiger partial charge in [0.05, 0.1) is 31.9 Å². The van der Waals surface area contributed by atoms with E-state index >= 15 is 0 Å². The number of likely N-dealkylation sites (tertiary alicyclic amines) is 2. The molecule has 0 aliphatic carbocycles. The Hall–Kier alpha value is -3.03. The molecule has 2 saturated heterocycles. The number of aromatic hydroxyl groups is 1. The van der Waals surface area contributed by atoms with Gasteiger partial charge in [0.1, 0.15) is 23.7 Å². The summed E-state index contributed by atoms with van der Waals surface area (Å²) in [6.45, 7) is 1.68. The van der Waals surface area contributed by atoms with E-state index in [4.69, 9.17) is 4.74 Å². The number of nitrogens with zero attached hydrogens (tertiary/aromatic N) is 4. The number of aromatic nitrogens is 2. The summed E-state index contributed by atoms with van der Waals surface area (Å²) in [7, 11) is 0. The SMILES string of the molecule is O=C(CN1CCC[C@@H](Nc2nnc(-c3ccc(C(F)(F)F)cc3O)c3c2COC3)C1)N1C[C@H](O)[C@@H](F)C1. The fraction of sp³-hybridized carbons (Fsp3) is 0.542. The zero-order chi connectivity index (χ0) is 26.3. The van der Waals surface area contributed by atoms with Crippen molar-refractivity contribution in [3.05, 3.63) is 34.9 Å². The van der Waals surface area contributed by atoms with E-state index < -0.39 is 29.8 Å². The lowest BCUT2D eigenvalue weighted by molar-refractivity contribution is -0.137. The van der Waals surface area contributed by atoms with Crippen molar-refractivity contribution in [2.75, 3.05) is 38.0 Å². The first-order valence-electron chi connectivity index (χ1n) is 12.1. The van der Waals surface area contributed by atoms with Crippen molar-refractivity contribution in [3.8, 4) is 17.0 Å².